The van der Waals surface area contributed by atoms with Crippen LogP contribution < -0.4 is 5.32 Å². The molecule has 28 heavy (non-hydrogen) atoms. The quantitative estimate of drug-likeness (QED) is 0.417. The first-order valence-electron chi connectivity index (χ1n) is 9.64. The zero-order valence-corrected chi connectivity index (χ0v) is 16.1. The highest BCUT2D eigenvalue weighted by molar-refractivity contribution is 6.31. The number of hydrogen-bond acceptors (Lipinski definition) is 2. The molecule has 3 atom stereocenters. The molecule has 3 aromatic rings. The van der Waals surface area contributed by atoms with Crippen LogP contribution in [0, 0.1) is 5.92 Å². The molecule has 0 bridgehead atoms. The molecule has 3 heteroatoms. The van der Waals surface area contributed by atoms with Gasteiger partial charge >= 0.3 is 0 Å². The molecule has 0 spiro atoms. The molecule has 2 aliphatic rings. The van der Waals surface area contributed by atoms with Gasteiger partial charge in [0.1, 0.15) is 0 Å². The highest BCUT2D eigenvalue weighted by atomic mass is 35.5. The second-order valence-electron chi connectivity index (χ2n) is 7.50. The summed E-state index contributed by atoms with van der Waals surface area (Å²) in [6, 6.07) is 23.9. The van der Waals surface area contributed by atoms with Crippen LogP contribution in [0.25, 0.3) is 0 Å². The Kier molecular flexibility index (Phi) is 4.29. The van der Waals surface area contributed by atoms with E-state index >= 15 is 0 Å². The third kappa shape index (κ3) is 2.85. The number of carbonyl (C=O) groups is 1. The van der Waals surface area contributed by atoms with E-state index in [0.717, 1.165) is 17.7 Å². The smallest absolute Gasteiger partial charge is 0.195 e. The zero-order chi connectivity index (χ0) is 19.1. The molecule has 1 heterocycles. The third-order valence-corrected chi connectivity index (χ3v) is 6.09. The van der Waals surface area contributed by atoms with Crippen LogP contribution in [0.5, 0.6) is 0 Å². The number of allylic oxidation sites excluding steroid dienone is 2. The Morgan fingerprint density at radius 3 is 2.43 bits per heavy atom. The van der Waals surface area contributed by atoms with Crippen LogP contribution >= 0.6 is 11.6 Å². The first-order valence-corrected chi connectivity index (χ1v) is 10.0. The monoisotopic (exact) mass is 385 g/mol. The number of rotatable bonds is 3. The number of hydrogen-bond donors (Lipinski definition) is 1. The predicted octanol–water partition coefficient (Wildman–Crippen LogP) is 6.40. The Bertz CT molecular complexity index is 1060. The summed E-state index contributed by atoms with van der Waals surface area (Å²) in [4.78, 5) is 13.3. The molecule has 0 fully saturated rings. The summed E-state index contributed by atoms with van der Waals surface area (Å²) < 4.78 is 0. The fraction of sp³-hybridized carbons (Fsp3) is 0.160. The van der Waals surface area contributed by atoms with Crippen LogP contribution in [0.15, 0.2) is 84.9 Å². The summed E-state index contributed by atoms with van der Waals surface area (Å²) in [6.45, 7) is 0. The summed E-state index contributed by atoms with van der Waals surface area (Å²) in [5, 5.41) is 4.32. The summed E-state index contributed by atoms with van der Waals surface area (Å²) in [7, 11) is 0. The van der Waals surface area contributed by atoms with E-state index in [9.17, 15) is 4.79 Å². The van der Waals surface area contributed by atoms with Gasteiger partial charge in [-0.25, -0.2) is 0 Å². The first kappa shape index (κ1) is 17.3. The molecule has 0 radical (unpaired) electrons. The first-order chi connectivity index (χ1) is 13.7. The fourth-order valence-electron chi connectivity index (χ4n) is 4.58. The molecule has 0 aromatic heterocycles. The topological polar surface area (TPSA) is 29.1 Å². The van der Waals surface area contributed by atoms with E-state index in [1.54, 1.807) is 6.07 Å². The molecule has 3 aromatic carbocycles. The number of carbonyl (C=O) groups excluding carboxylic acids is 1. The summed E-state index contributed by atoms with van der Waals surface area (Å²) in [5.41, 5.74) is 4.61. The maximum absolute atomic E-state index is 13.3. The van der Waals surface area contributed by atoms with Crippen LogP contribution in [0.3, 0.4) is 0 Å². The minimum Gasteiger partial charge on any atom is -0.377 e. The van der Waals surface area contributed by atoms with Crippen molar-refractivity contribution in [2.45, 2.75) is 18.4 Å². The van der Waals surface area contributed by atoms with E-state index in [0.29, 0.717) is 22.1 Å². The number of fused-ring (bicyclic) bond motifs is 3. The lowest BCUT2D eigenvalue weighted by Crippen LogP contribution is -2.30. The van der Waals surface area contributed by atoms with Gasteiger partial charge in [-0.1, -0.05) is 84.4 Å². The standard InChI is InChI=1S/C25H20ClNO/c26-18-14-21-19-12-7-13-20(19)23(16-8-3-1-4-9-16)27-24(21)22(15-18)25(28)17-10-5-2-6-11-17/h1-12,14-15,19-20,23,27H,13H2/t19-,20-,23-/m0/s1. The van der Waals surface area contributed by atoms with Gasteiger partial charge in [0.05, 0.1) is 6.04 Å². The normalized spacial score (nSPS) is 22.2. The molecule has 138 valence electrons. The second kappa shape index (κ2) is 6.96. The number of halogens is 1. The van der Waals surface area contributed by atoms with Gasteiger partial charge < -0.3 is 5.32 Å². The van der Waals surface area contributed by atoms with E-state index in [1.807, 2.05) is 42.5 Å². The van der Waals surface area contributed by atoms with Crippen LogP contribution in [-0.4, -0.2) is 5.78 Å². The molecular weight excluding hydrogens is 366 g/mol. The van der Waals surface area contributed by atoms with Crippen molar-refractivity contribution in [1.82, 2.24) is 0 Å². The van der Waals surface area contributed by atoms with Gasteiger partial charge in [-0.2, -0.15) is 0 Å². The van der Waals surface area contributed by atoms with Crippen molar-refractivity contribution < 1.29 is 4.79 Å². The number of anilines is 1. The number of nitrogens with one attached hydrogen (secondary N) is 1. The Labute approximate surface area is 169 Å². The lowest BCUT2D eigenvalue weighted by atomic mass is 9.76. The molecular formula is C25H20ClNO. The van der Waals surface area contributed by atoms with E-state index < -0.39 is 0 Å². The van der Waals surface area contributed by atoms with Crippen molar-refractivity contribution in [3.8, 4) is 0 Å². The van der Waals surface area contributed by atoms with Gasteiger partial charge in [0.2, 0.25) is 0 Å². The minimum absolute atomic E-state index is 0.000844. The Balaban J connectivity index is 1.66. The molecule has 1 aliphatic carbocycles. The van der Waals surface area contributed by atoms with Crippen LogP contribution in [0.2, 0.25) is 5.02 Å². The van der Waals surface area contributed by atoms with Gasteiger partial charge in [-0.3, -0.25) is 4.79 Å². The largest absolute Gasteiger partial charge is 0.377 e. The molecule has 0 saturated carbocycles. The molecule has 0 saturated heterocycles. The van der Waals surface area contributed by atoms with Crippen molar-refractivity contribution in [2.24, 2.45) is 5.92 Å². The summed E-state index contributed by atoms with van der Waals surface area (Å²) in [6.07, 6.45) is 5.54. The van der Waals surface area contributed by atoms with Crippen molar-refractivity contribution in [2.75, 3.05) is 5.32 Å². The molecule has 1 N–H and O–H groups in total. The summed E-state index contributed by atoms with van der Waals surface area (Å²) in [5.74, 6) is 0.689. The van der Waals surface area contributed by atoms with Crippen molar-refractivity contribution in [1.29, 1.82) is 0 Å². The summed E-state index contributed by atoms with van der Waals surface area (Å²) >= 11 is 6.45. The lowest BCUT2D eigenvalue weighted by Gasteiger charge is -2.38. The van der Waals surface area contributed by atoms with Crippen molar-refractivity contribution in [3.63, 3.8) is 0 Å². The highest BCUT2D eigenvalue weighted by Gasteiger charge is 2.39. The van der Waals surface area contributed by atoms with Crippen LogP contribution in [-0.2, 0) is 0 Å². The third-order valence-electron chi connectivity index (χ3n) is 5.87. The molecule has 2 nitrogen and oxygen atoms in total. The van der Waals surface area contributed by atoms with Gasteiger partial charge in [0.15, 0.2) is 5.78 Å². The molecule has 0 unspecified atom stereocenters. The highest BCUT2D eigenvalue weighted by Crippen LogP contribution is 2.51. The van der Waals surface area contributed by atoms with Crippen molar-refractivity contribution in [3.05, 3.63) is 112 Å². The van der Waals surface area contributed by atoms with Gasteiger partial charge in [-0.05, 0) is 35.6 Å². The van der Waals surface area contributed by atoms with Crippen LogP contribution in [0.4, 0.5) is 5.69 Å². The van der Waals surface area contributed by atoms with E-state index in [-0.39, 0.29) is 17.7 Å². The second-order valence-corrected chi connectivity index (χ2v) is 7.94. The van der Waals surface area contributed by atoms with Crippen molar-refractivity contribution >= 4 is 23.1 Å². The Hall–Kier alpha value is -2.84. The Morgan fingerprint density at radius 1 is 0.964 bits per heavy atom. The minimum atomic E-state index is -0.000844. The van der Waals surface area contributed by atoms with Crippen LogP contribution in [0.1, 0.15) is 45.4 Å². The average molecular weight is 386 g/mol. The van der Waals surface area contributed by atoms with E-state index in [1.165, 1.54) is 5.56 Å². The van der Waals surface area contributed by atoms with Gasteiger partial charge in [0.25, 0.3) is 0 Å². The zero-order valence-electron chi connectivity index (χ0n) is 15.3. The SMILES string of the molecule is O=C(c1ccccc1)c1cc(Cl)cc2c1N[C@@H](c1ccccc1)[C@H]1CC=C[C@H]21. The maximum atomic E-state index is 13.3. The fourth-order valence-corrected chi connectivity index (χ4v) is 4.81. The average Bonchev–Trinajstić information content (AvgIpc) is 3.24. The van der Waals surface area contributed by atoms with E-state index in [4.69, 9.17) is 11.6 Å². The maximum Gasteiger partial charge on any atom is 0.195 e. The Morgan fingerprint density at radius 2 is 1.68 bits per heavy atom. The molecule has 1 aliphatic heterocycles. The number of ketones is 1. The molecule has 5 rings (SSSR count). The van der Waals surface area contributed by atoms with Gasteiger partial charge in [0, 0.05) is 27.8 Å². The lowest BCUT2D eigenvalue weighted by molar-refractivity contribution is 0.103. The number of benzene rings is 3. The molecule has 0 amide bonds. The predicted molar refractivity (Wildman–Crippen MR) is 114 cm³/mol. The van der Waals surface area contributed by atoms with E-state index in [2.05, 4.69) is 41.7 Å². The van der Waals surface area contributed by atoms with Gasteiger partial charge in [-0.15, -0.1) is 0 Å².